The zero-order valence-corrected chi connectivity index (χ0v) is 14.1. The highest BCUT2D eigenvalue weighted by Crippen LogP contribution is 2.25. The van der Waals surface area contributed by atoms with Crippen LogP contribution in [0.2, 0.25) is 0 Å². The Kier molecular flexibility index (Phi) is 5.43. The van der Waals surface area contributed by atoms with E-state index < -0.39 is 17.7 Å². The Balaban J connectivity index is 1.91. The zero-order valence-electron chi connectivity index (χ0n) is 14.1. The molecule has 1 fully saturated rings. The van der Waals surface area contributed by atoms with Gasteiger partial charge in [-0.15, -0.1) is 0 Å². The third-order valence-electron chi connectivity index (χ3n) is 3.81. The van der Waals surface area contributed by atoms with Gasteiger partial charge in [0.25, 0.3) is 5.91 Å². The molecular formula is C17H23FN2O4. The van der Waals surface area contributed by atoms with Crippen molar-refractivity contribution in [3.8, 4) is 5.75 Å². The van der Waals surface area contributed by atoms with Crippen LogP contribution in [0.15, 0.2) is 24.3 Å². The lowest BCUT2D eigenvalue weighted by atomic mass is 9.91. The minimum atomic E-state index is -1.04. The second-order valence-corrected chi connectivity index (χ2v) is 6.69. The maximum atomic E-state index is 12.8. The number of hydrogen-bond donors (Lipinski definition) is 2. The summed E-state index contributed by atoms with van der Waals surface area (Å²) in [7, 11) is 0. The summed E-state index contributed by atoms with van der Waals surface area (Å²) < 4.78 is 18.1. The van der Waals surface area contributed by atoms with Crippen molar-refractivity contribution in [2.45, 2.75) is 38.8 Å². The quantitative estimate of drug-likeness (QED) is 0.745. The number of β-amino-alcohol motifs (C(OH)–C–C–N with tert-alkyl or cyclic N) is 1. The monoisotopic (exact) mass is 338 g/mol. The van der Waals surface area contributed by atoms with Crippen LogP contribution in [0.5, 0.6) is 5.75 Å². The fourth-order valence-electron chi connectivity index (χ4n) is 2.85. The molecule has 0 spiro atoms. The van der Waals surface area contributed by atoms with Gasteiger partial charge in [-0.1, -0.05) is 13.8 Å². The van der Waals surface area contributed by atoms with Crippen LogP contribution >= 0.6 is 0 Å². The van der Waals surface area contributed by atoms with E-state index in [2.05, 4.69) is 5.32 Å². The number of imide groups is 1. The highest BCUT2D eigenvalue weighted by molar-refractivity contribution is 6.06. The van der Waals surface area contributed by atoms with Gasteiger partial charge in [0.15, 0.2) is 0 Å². The van der Waals surface area contributed by atoms with Gasteiger partial charge in [0.05, 0.1) is 6.54 Å². The predicted octanol–water partition coefficient (Wildman–Crippen LogP) is 1.92. The van der Waals surface area contributed by atoms with Gasteiger partial charge in [0.2, 0.25) is 0 Å². The number of carbonyl (C=O) groups excluding carboxylic acids is 2. The molecule has 1 aromatic carbocycles. The maximum Gasteiger partial charge on any atom is 0.325 e. The number of urea groups is 1. The number of aliphatic hydroxyl groups excluding tert-OH is 1. The Bertz CT molecular complexity index is 605. The summed E-state index contributed by atoms with van der Waals surface area (Å²) >= 11 is 0. The summed E-state index contributed by atoms with van der Waals surface area (Å²) in [6.07, 6.45) is -0.512. The van der Waals surface area contributed by atoms with Crippen LogP contribution in [-0.2, 0) is 4.79 Å². The Labute approximate surface area is 140 Å². The molecule has 24 heavy (non-hydrogen) atoms. The van der Waals surface area contributed by atoms with Crippen LogP contribution in [-0.4, -0.2) is 46.7 Å². The zero-order chi connectivity index (χ0) is 17.9. The number of hydrogen-bond acceptors (Lipinski definition) is 4. The second kappa shape index (κ2) is 7.17. The minimum Gasteiger partial charge on any atom is -0.491 e. The molecule has 2 N–H and O–H groups in total. The van der Waals surface area contributed by atoms with Crippen LogP contribution < -0.4 is 10.1 Å². The predicted molar refractivity (Wildman–Crippen MR) is 86.0 cm³/mol. The van der Waals surface area contributed by atoms with Gasteiger partial charge in [0, 0.05) is 0 Å². The molecule has 0 bridgehead atoms. The van der Waals surface area contributed by atoms with E-state index in [0.717, 1.165) is 4.90 Å². The van der Waals surface area contributed by atoms with Crippen LogP contribution in [0.3, 0.4) is 0 Å². The van der Waals surface area contributed by atoms with Crippen molar-refractivity contribution >= 4 is 11.9 Å². The van der Waals surface area contributed by atoms with Crippen molar-refractivity contribution in [3.63, 3.8) is 0 Å². The largest absolute Gasteiger partial charge is 0.491 e. The Hall–Kier alpha value is -2.15. The molecule has 0 unspecified atom stereocenters. The van der Waals surface area contributed by atoms with Gasteiger partial charge in [-0.3, -0.25) is 9.69 Å². The summed E-state index contributed by atoms with van der Waals surface area (Å²) in [4.78, 5) is 25.5. The van der Waals surface area contributed by atoms with E-state index in [-0.39, 0.29) is 30.8 Å². The number of rotatable bonds is 7. The first-order chi connectivity index (χ1) is 11.2. The van der Waals surface area contributed by atoms with E-state index in [1.165, 1.54) is 24.3 Å². The van der Waals surface area contributed by atoms with Gasteiger partial charge < -0.3 is 15.2 Å². The first kappa shape index (κ1) is 18.2. The number of benzene rings is 1. The summed E-state index contributed by atoms with van der Waals surface area (Å²) in [5, 5.41) is 12.7. The number of halogens is 1. The molecule has 1 aliphatic rings. The van der Waals surface area contributed by atoms with Crippen LogP contribution in [0.25, 0.3) is 0 Å². The second-order valence-electron chi connectivity index (χ2n) is 6.69. The molecule has 1 saturated heterocycles. The summed E-state index contributed by atoms with van der Waals surface area (Å²) in [6.45, 7) is 5.37. The van der Waals surface area contributed by atoms with E-state index >= 15 is 0 Å². The SMILES string of the molecule is CC(C)C[C@]1(C)NC(=O)N(C[C@@H](O)COc2ccc(F)cc2)C1=O. The highest BCUT2D eigenvalue weighted by Gasteiger charge is 2.48. The summed E-state index contributed by atoms with van der Waals surface area (Å²) in [5.41, 5.74) is -0.942. The van der Waals surface area contributed by atoms with Crippen molar-refractivity contribution < 1.29 is 23.8 Å². The number of aliphatic hydroxyl groups is 1. The molecule has 0 saturated carbocycles. The smallest absolute Gasteiger partial charge is 0.325 e. The summed E-state index contributed by atoms with van der Waals surface area (Å²) in [6, 6.07) is 4.86. The highest BCUT2D eigenvalue weighted by atomic mass is 19.1. The van der Waals surface area contributed by atoms with Gasteiger partial charge in [0.1, 0.15) is 29.8 Å². The molecular weight excluding hydrogens is 315 g/mol. The van der Waals surface area contributed by atoms with E-state index in [0.29, 0.717) is 12.2 Å². The molecule has 2 rings (SSSR count). The molecule has 132 valence electrons. The Morgan fingerprint density at radius 2 is 1.92 bits per heavy atom. The molecule has 1 heterocycles. The molecule has 0 radical (unpaired) electrons. The van der Waals surface area contributed by atoms with Gasteiger partial charge in [-0.05, 0) is 43.5 Å². The standard InChI is InChI=1S/C17H23FN2O4/c1-11(2)8-17(3)15(22)20(16(23)19-17)9-13(21)10-24-14-6-4-12(18)5-7-14/h4-7,11,13,21H,8-10H2,1-3H3,(H,19,23)/t13-,17+/m1/s1. The Morgan fingerprint density at radius 1 is 1.29 bits per heavy atom. The molecule has 0 aromatic heterocycles. The Morgan fingerprint density at radius 3 is 2.50 bits per heavy atom. The van der Waals surface area contributed by atoms with Gasteiger partial charge >= 0.3 is 6.03 Å². The van der Waals surface area contributed by atoms with Crippen LogP contribution in [0.1, 0.15) is 27.2 Å². The first-order valence-corrected chi connectivity index (χ1v) is 7.92. The number of amides is 3. The van der Waals surface area contributed by atoms with Crippen molar-refractivity contribution in [3.05, 3.63) is 30.1 Å². The number of ether oxygens (including phenoxy) is 1. The van der Waals surface area contributed by atoms with Crippen molar-refractivity contribution in [1.29, 1.82) is 0 Å². The van der Waals surface area contributed by atoms with Crippen molar-refractivity contribution in [2.24, 2.45) is 5.92 Å². The van der Waals surface area contributed by atoms with Crippen LogP contribution in [0, 0.1) is 11.7 Å². The third kappa shape index (κ3) is 4.23. The molecule has 6 nitrogen and oxygen atoms in total. The summed E-state index contributed by atoms with van der Waals surface area (Å²) in [5.74, 6) is -0.0862. The average Bonchev–Trinajstić information content (AvgIpc) is 2.69. The lowest BCUT2D eigenvalue weighted by Gasteiger charge is -2.24. The van der Waals surface area contributed by atoms with Crippen molar-refractivity contribution in [1.82, 2.24) is 10.2 Å². The molecule has 3 amide bonds. The molecule has 7 heteroatoms. The topological polar surface area (TPSA) is 78.9 Å². The van der Waals surface area contributed by atoms with E-state index in [4.69, 9.17) is 4.74 Å². The minimum absolute atomic E-state index is 0.108. The molecule has 1 aliphatic heterocycles. The molecule has 0 aliphatic carbocycles. The normalized spacial score (nSPS) is 22.0. The van der Waals surface area contributed by atoms with Gasteiger partial charge in [-0.25, -0.2) is 9.18 Å². The average molecular weight is 338 g/mol. The van der Waals surface area contributed by atoms with E-state index in [9.17, 15) is 19.1 Å². The fourth-order valence-corrected chi connectivity index (χ4v) is 2.85. The lowest BCUT2D eigenvalue weighted by Crippen LogP contribution is -2.45. The maximum absolute atomic E-state index is 12.8. The van der Waals surface area contributed by atoms with Crippen molar-refractivity contribution in [2.75, 3.05) is 13.2 Å². The number of nitrogens with zero attached hydrogens (tertiary/aromatic N) is 1. The van der Waals surface area contributed by atoms with E-state index in [1.54, 1.807) is 6.92 Å². The number of carbonyl (C=O) groups is 2. The fraction of sp³-hybridized carbons (Fsp3) is 0.529. The molecule has 1 aromatic rings. The third-order valence-corrected chi connectivity index (χ3v) is 3.81. The first-order valence-electron chi connectivity index (χ1n) is 7.92. The lowest BCUT2D eigenvalue weighted by molar-refractivity contribution is -0.132. The van der Waals surface area contributed by atoms with E-state index in [1.807, 2.05) is 13.8 Å². The van der Waals surface area contributed by atoms with Crippen LogP contribution in [0.4, 0.5) is 9.18 Å². The number of nitrogens with one attached hydrogen (secondary N) is 1. The van der Waals surface area contributed by atoms with Gasteiger partial charge in [-0.2, -0.15) is 0 Å². The molecule has 2 atom stereocenters.